The van der Waals surface area contributed by atoms with Crippen molar-refractivity contribution in [1.29, 1.82) is 0 Å². The lowest BCUT2D eigenvalue weighted by molar-refractivity contribution is 0.523. The Kier molecular flexibility index (Phi) is 6.43. The standard InChI is InChI=1S/C16H25NO2S/c1-5-11-17-16(12-13(3)6-2)14-7-9-15(10-8-14)20(4,18)19/h7-10,16-17H,3,5-6,11-12H2,1-2,4H3. The molecule has 1 unspecified atom stereocenters. The minimum atomic E-state index is -3.13. The van der Waals surface area contributed by atoms with Crippen molar-refractivity contribution in [2.45, 2.75) is 44.0 Å². The summed E-state index contributed by atoms with van der Waals surface area (Å²) in [7, 11) is -3.13. The molecule has 0 spiro atoms. The lowest BCUT2D eigenvalue weighted by Crippen LogP contribution is -2.22. The third kappa shape index (κ3) is 5.10. The number of benzene rings is 1. The maximum atomic E-state index is 11.5. The second-order valence-corrected chi connectivity index (χ2v) is 7.17. The van der Waals surface area contributed by atoms with Gasteiger partial charge >= 0.3 is 0 Å². The number of nitrogens with one attached hydrogen (secondary N) is 1. The number of hydrogen-bond acceptors (Lipinski definition) is 3. The van der Waals surface area contributed by atoms with Gasteiger partial charge in [-0.05, 0) is 43.5 Å². The molecule has 0 saturated heterocycles. The predicted octanol–water partition coefficient (Wildman–Crippen LogP) is 3.49. The third-order valence-corrected chi connectivity index (χ3v) is 4.47. The largest absolute Gasteiger partial charge is 0.310 e. The summed E-state index contributed by atoms with van der Waals surface area (Å²) in [6, 6.07) is 7.36. The molecule has 0 aliphatic rings. The van der Waals surface area contributed by atoms with E-state index in [0.717, 1.165) is 31.4 Å². The van der Waals surface area contributed by atoms with E-state index in [4.69, 9.17) is 0 Å². The molecule has 3 nitrogen and oxygen atoms in total. The van der Waals surface area contributed by atoms with Gasteiger partial charge in [0, 0.05) is 12.3 Å². The molecule has 1 N–H and O–H groups in total. The zero-order valence-electron chi connectivity index (χ0n) is 12.6. The van der Waals surface area contributed by atoms with E-state index in [-0.39, 0.29) is 6.04 Å². The number of sulfone groups is 1. The van der Waals surface area contributed by atoms with Crippen LogP contribution in [0.5, 0.6) is 0 Å². The minimum absolute atomic E-state index is 0.205. The molecule has 0 aliphatic heterocycles. The highest BCUT2D eigenvalue weighted by atomic mass is 32.2. The maximum Gasteiger partial charge on any atom is 0.175 e. The molecule has 112 valence electrons. The Hall–Kier alpha value is -1.13. The molecule has 0 bridgehead atoms. The van der Waals surface area contributed by atoms with Crippen molar-refractivity contribution < 1.29 is 8.42 Å². The van der Waals surface area contributed by atoms with Crippen LogP contribution < -0.4 is 5.32 Å². The zero-order valence-corrected chi connectivity index (χ0v) is 13.5. The molecule has 0 heterocycles. The topological polar surface area (TPSA) is 46.2 Å². The fraction of sp³-hybridized carbons (Fsp3) is 0.500. The molecule has 20 heavy (non-hydrogen) atoms. The number of hydrogen-bond donors (Lipinski definition) is 1. The Bertz CT molecular complexity index is 532. The Morgan fingerprint density at radius 2 is 1.85 bits per heavy atom. The zero-order chi connectivity index (χ0) is 15.2. The van der Waals surface area contributed by atoms with Crippen LogP contribution in [0.2, 0.25) is 0 Å². The van der Waals surface area contributed by atoms with E-state index in [2.05, 4.69) is 25.7 Å². The Balaban J connectivity index is 2.92. The van der Waals surface area contributed by atoms with Gasteiger partial charge in [-0.25, -0.2) is 8.42 Å². The molecular formula is C16H25NO2S. The lowest BCUT2D eigenvalue weighted by Gasteiger charge is -2.20. The second kappa shape index (κ2) is 7.60. The molecule has 4 heteroatoms. The molecule has 1 rings (SSSR count). The van der Waals surface area contributed by atoms with Crippen LogP contribution in [-0.2, 0) is 9.84 Å². The summed E-state index contributed by atoms with van der Waals surface area (Å²) in [4.78, 5) is 0.366. The van der Waals surface area contributed by atoms with Gasteiger partial charge in [0.15, 0.2) is 9.84 Å². The average molecular weight is 295 g/mol. The van der Waals surface area contributed by atoms with Crippen LogP contribution >= 0.6 is 0 Å². The van der Waals surface area contributed by atoms with Gasteiger partial charge in [-0.3, -0.25) is 0 Å². The summed E-state index contributed by atoms with van der Waals surface area (Å²) in [6.07, 6.45) is 4.14. The fourth-order valence-electron chi connectivity index (χ4n) is 2.01. The van der Waals surface area contributed by atoms with Crippen LogP contribution in [0.3, 0.4) is 0 Å². The van der Waals surface area contributed by atoms with E-state index in [1.165, 1.54) is 11.8 Å². The first kappa shape index (κ1) is 16.9. The van der Waals surface area contributed by atoms with Crippen LogP contribution in [0.15, 0.2) is 41.3 Å². The summed E-state index contributed by atoms with van der Waals surface area (Å²) < 4.78 is 23.0. The highest BCUT2D eigenvalue weighted by Crippen LogP contribution is 2.23. The van der Waals surface area contributed by atoms with Crippen molar-refractivity contribution >= 4 is 9.84 Å². The molecule has 0 fully saturated rings. The van der Waals surface area contributed by atoms with E-state index < -0.39 is 9.84 Å². The highest BCUT2D eigenvalue weighted by Gasteiger charge is 2.13. The normalized spacial score (nSPS) is 13.2. The van der Waals surface area contributed by atoms with Crippen molar-refractivity contribution in [1.82, 2.24) is 5.32 Å². The molecule has 0 aromatic heterocycles. The van der Waals surface area contributed by atoms with Gasteiger partial charge in [0.1, 0.15) is 0 Å². The summed E-state index contributed by atoms with van der Waals surface area (Å²) in [6.45, 7) is 9.24. The van der Waals surface area contributed by atoms with Gasteiger partial charge in [0.05, 0.1) is 4.90 Å². The summed E-state index contributed by atoms with van der Waals surface area (Å²) in [5.74, 6) is 0. The summed E-state index contributed by atoms with van der Waals surface area (Å²) >= 11 is 0. The molecule has 0 aliphatic carbocycles. The Morgan fingerprint density at radius 1 is 1.25 bits per heavy atom. The third-order valence-electron chi connectivity index (χ3n) is 3.34. The van der Waals surface area contributed by atoms with Gasteiger partial charge in [-0.2, -0.15) is 0 Å². The Labute approximate surface area is 123 Å². The highest BCUT2D eigenvalue weighted by molar-refractivity contribution is 7.90. The van der Waals surface area contributed by atoms with E-state index in [1.54, 1.807) is 12.1 Å². The maximum absolute atomic E-state index is 11.5. The van der Waals surface area contributed by atoms with Gasteiger partial charge in [-0.1, -0.05) is 38.1 Å². The first-order valence-corrected chi connectivity index (χ1v) is 8.97. The van der Waals surface area contributed by atoms with E-state index in [9.17, 15) is 8.42 Å². The Morgan fingerprint density at radius 3 is 2.30 bits per heavy atom. The van der Waals surface area contributed by atoms with E-state index in [0.29, 0.717) is 4.90 Å². The van der Waals surface area contributed by atoms with Crippen LogP contribution in [0.4, 0.5) is 0 Å². The van der Waals surface area contributed by atoms with Crippen LogP contribution in [0.25, 0.3) is 0 Å². The van der Waals surface area contributed by atoms with Gasteiger partial charge in [0.25, 0.3) is 0 Å². The van der Waals surface area contributed by atoms with Crippen LogP contribution in [-0.4, -0.2) is 21.2 Å². The lowest BCUT2D eigenvalue weighted by atomic mass is 9.98. The molecule has 1 aromatic carbocycles. The molecule has 0 saturated carbocycles. The van der Waals surface area contributed by atoms with Crippen molar-refractivity contribution in [2.24, 2.45) is 0 Å². The predicted molar refractivity (Wildman–Crippen MR) is 84.6 cm³/mol. The molecule has 0 radical (unpaired) electrons. The summed E-state index contributed by atoms with van der Waals surface area (Å²) in [5, 5.41) is 3.50. The van der Waals surface area contributed by atoms with Crippen LogP contribution in [0, 0.1) is 0 Å². The second-order valence-electron chi connectivity index (χ2n) is 5.16. The van der Waals surface area contributed by atoms with E-state index >= 15 is 0 Å². The first-order valence-electron chi connectivity index (χ1n) is 7.08. The quantitative estimate of drug-likeness (QED) is 0.747. The van der Waals surface area contributed by atoms with Crippen LogP contribution in [0.1, 0.15) is 44.7 Å². The fourth-order valence-corrected chi connectivity index (χ4v) is 2.64. The molecule has 1 atom stereocenters. The van der Waals surface area contributed by atoms with Crippen molar-refractivity contribution in [3.63, 3.8) is 0 Å². The average Bonchev–Trinajstić information content (AvgIpc) is 2.42. The van der Waals surface area contributed by atoms with Crippen molar-refractivity contribution in [3.8, 4) is 0 Å². The van der Waals surface area contributed by atoms with Gasteiger partial charge in [0.2, 0.25) is 0 Å². The molecule has 0 amide bonds. The SMILES string of the molecule is C=C(CC)CC(NCCC)c1ccc(S(C)(=O)=O)cc1. The minimum Gasteiger partial charge on any atom is -0.310 e. The molecule has 1 aromatic rings. The van der Waals surface area contributed by atoms with Crippen molar-refractivity contribution in [3.05, 3.63) is 42.0 Å². The first-order chi connectivity index (χ1) is 9.38. The summed E-state index contributed by atoms with van der Waals surface area (Å²) in [5.41, 5.74) is 2.31. The smallest absolute Gasteiger partial charge is 0.175 e. The van der Waals surface area contributed by atoms with Gasteiger partial charge in [-0.15, -0.1) is 0 Å². The van der Waals surface area contributed by atoms with Crippen molar-refractivity contribution in [2.75, 3.05) is 12.8 Å². The monoisotopic (exact) mass is 295 g/mol. The molecular weight excluding hydrogens is 270 g/mol. The van der Waals surface area contributed by atoms with Gasteiger partial charge < -0.3 is 5.32 Å². The van der Waals surface area contributed by atoms with E-state index in [1.807, 2.05) is 12.1 Å². The number of rotatable bonds is 8.